The largest absolute Gasteiger partial charge is 0.294 e. The third kappa shape index (κ3) is 4.33. The highest BCUT2D eigenvalue weighted by Crippen LogP contribution is 2.23. The molecule has 0 amide bonds. The van der Waals surface area contributed by atoms with Gasteiger partial charge >= 0.3 is 0 Å². The molecule has 0 saturated heterocycles. The average Bonchev–Trinajstić information content (AvgIpc) is 2.26. The molecular weight excluding hydrogens is 208 g/mol. The third-order valence-corrected chi connectivity index (χ3v) is 3.10. The predicted molar refractivity (Wildman–Crippen MR) is 73.6 cm³/mol. The molecule has 0 fully saturated rings. The van der Waals surface area contributed by atoms with Gasteiger partial charge in [0, 0.05) is 12.0 Å². The topological polar surface area (TPSA) is 17.1 Å². The number of Topliss-reactive ketones (excluding diaryl/α,β-unsaturated/α-hetero) is 1. The molecule has 0 aromatic heterocycles. The molecule has 0 aliphatic carbocycles. The molecule has 0 radical (unpaired) electrons. The molecular formula is C16H24O. The lowest BCUT2D eigenvalue weighted by Crippen LogP contribution is -2.13. The Bertz CT molecular complexity index is 368. The van der Waals surface area contributed by atoms with Crippen molar-refractivity contribution in [3.63, 3.8) is 0 Å². The maximum Gasteiger partial charge on any atom is 0.163 e. The average molecular weight is 232 g/mol. The third-order valence-electron chi connectivity index (χ3n) is 3.10. The molecule has 1 heteroatoms. The van der Waals surface area contributed by atoms with Crippen molar-refractivity contribution in [1.82, 2.24) is 0 Å². The molecule has 1 unspecified atom stereocenters. The van der Waals surface area contributed by atoms with Crippen LogP contribution in [0, 0.1) is 5.41 Å². The molecule has 94 valence electrons. The summed E-state index contributed by atoms with van der Waals surface area (Å²) in [6.07, 6.45) is 1.74. The van der Waals surface area contributed by atoms with Crippen molar-refractivity contribution in [2.24, 2.45) is 5.41 Å². The van der Waals surface area contributed by atoms with Crippen LogP contribution in [0.4, 0.5) is 0 Å². The van der Waals surface area contributed by atoms with E-state index in [1.54, 1.807) is 0 Å². The van der Waals surface area contributed by atoms with Gasteiger partial charge in [-0.3, -0.25) is 4.79 Å². The lowest BCUT2D eigenvalue weighted by Gasteiger charge is -2.17. The minimum Gasteiger partial charge on any atom is -0.294 e. The monoisotopic (exact) mass is 232 g/mol. The van der Waals surface area contributed by atoms with Gasteiger partial charge in [0.1, 0.15) is 0 Å². The highest BCUT2D eigenvalue weighted by molar-refractivity contribution is 5.96. The maximum absolute atomic E-state index is 12.0. The van der Waals surface area contributed by atoms with E-state index >= 15 is 0 Å². The summed E-state index contributed by atoms with van der Waals surface area (Å²) in [5.41, 5.74) is 2.22. The van der Waals surface area contributed by atoms with E-state index in [2.05, 4.69) is 46.8 Å². The fourth-order valence-corrected chi connectivity index (χ4v) is 1.82. The minimum atomic E-state index is 0.0620. The predicted octanol–water partition coefficient (Wildman–Crippen LogP) is 4.82. The summed E-state index contributed by atoms with van der Waals surface area (Å²) in [6, 6.07) is 8.11. The Hall–Kier alpha value is -1.11. The van der Waals surface area contributed by atoms with E-state index in [1.165, 1.54) is 5.56 Å². The van der Waals surface area contributed by atoms with Gasteiger partial charge in [0.25, 0.3) is 0 Å². The molecule has 0 saturated carbocycles. The number of benzene rings is 1. The molecule has 1 aromatic carbocycles. The zero-order valence-electron chi connectivity index (χ0n) is 11.7. The molecule has 1 rings (SSSR count). The molecule has 1 aromatic rings. The molecule has 0 aliphatic heterocycles. The van der Waals surface area contributed by atoms with Crippen LogP contribution in [-0.4, -0.2) is 5.78 Å². The van der Waals surface area contributed by atoms with Gasteiger partial charge in [-0.05, 0) is 23.3 Å². The summed E-state index contributed by atoms with van der Waals surface area (Å²) in [4.78, 5) is 12.0. The number of carbonyl (C=O) groups excluding carboxylic acids is 1. The van der Waals surface area contributed by atoms with Crippen LogP contribution in [0.1, 0.15) is 69.3 Å². The Morgan fingerprint density at radius 1 is 1.18 bits per heavy atom. The van der Waals surface area contributed by atoms with Crippen molar-refractivity contribution in [3.8, 4) is 0 Å². The molecule has 0 N–H and O–H groups in total. The quantitative estimate of drug-likeness (QED) is 0.680. The molecule has 1 atom stereocenters. The Balaban J connectivity index is 2.77. The van der Waals surface area contributed by atoms with Crippen LogP contribution in [0.2, 0.25) is 0 Å². The van der Waals surface area contributed by atoms with Gasteiger partial charge in [-0.2, -0.15) is 0 Å². The number of hydrogen-bond acceptors (Lipinski definition) is 1. The van der Waals surface area contributed by atoms with Crippen molar-refractivity contribution in [2.75, 3.05) is 0 Å². The van der Waals surface area contributed by atoms with Gasteiger partial charge in [0.15, 0.2) is 5.78 Å². The van der Waals surface area contributed by atoms with E-state index in [-0.39, 0.29) is 11.2 Å². The van der Waals surface area contributed by atoms with E-state index in [9.17, 15) is 4.79 Å². The van der Waals surface area contributed by atoms with Gasteiger partial charge < -0.3 is 0 Å². The van der Waals surface area contributed by atoms with Crippen LogP contribution >= 0.6 is 0 Å². The van der Waals surface area contributed by atoms with Crippen molar-refractivity contribution < 1.29 is 4.79 Å². The highest BCUT2D eigenvalue weighted by Gasteiger charge is 2.17. The molecule has 0 bridgehead atoms. The lowest BCUT2D eigenvalue weighted by molar-refractivity contribution is 0.0940. The first-order valence-corrected chi connectivity index (χ1v) is 6.46. The van der Waals surface area contributed by atoms with E-state index in [1.807, 2.05) is 12.1 Å². The first kappa shape index (κ1) is 14.0. The van der Waals surface area contributed by atoms with Crippen molar-refractivity contribution in [1.29, 1.82) is 0 Å². The smallest absolute Gasteiger partial charge is 0.163 e. The Morgan fingerprint density at radius 3 is 2.12 bits per heavy atom. The summed E-state index contributed by atoms with van der Waals surface area (Å²) in [5.74, 6) is 0.815. The maximum atomic E-state index is 12.0. The molecule has 0 spiro atoms. The van der Waals surface area contributed by atoms with Crippen LogP contribution in [0.15, 0.2) is 24.3 Å². The first-order valence-electron chi connectivity index (χ1n) is 6.46. The fourth-order valence-electron chi connectivity index (χ4n) is 1.82. The lowest BCUT2D eigenvalue weighted by atomic mass is 9.87. The molecule has 17 heavy (non-hydrogen) atoms. The number of hydrogen-bond donors (Lipinski definition) is 0. The molecule has 0 aliphatic rings. The zero-order chi connectivity index (χ0) is 13.1. The standard InChI is InChI=1S/C16H24O/c1-6-12(2)13-7-9-14(10-8-13)15(17)11-16(3,4)5/h7-10,12H,6,11H2,1-5H3. The first-order chi connectivity index (χ1) is 7.83. The minimum absolute atomic E-state index is 0.0620. The summed E-state index contributed by atoms with van der Waals surface area (Å²) in [7, 11) is 0. The summed E-state index contributed by atoms with van der Waals surface area (Å²) < 4.78 is 0. The molecule has 1 nitrogen and oxygen atoms in total. The van der Waals surface area contributed by atoms with Gasteiger partial charge in [-0.15, -0.1) is 0 Å². The second-order valence-electron chi connectivity index (χ2n) is 6.09. The highest BCUT2D eigenvalue weighted by atomic mass is 16.1. The second kappa shape index (κ2) is 5.48. The van der Waals surface area contributed by atoms with Gasteiger partial charge in [0.05, 0.1) is 0 Å². The Labute approximate surface area is 105 Å². The summed E-state index contributed by atoms with van der Waals surface area (Å²) in [6.45, 7) is 10.7. The van der Waals surface area contributed by atoms with Gasteiger partial charge in [-0.25, -0.2) is 0 Å². The number of rotatable bonds is 4. The van der Waals surface area contributed by atoms with E-state index < -0.39 is 0 Å². The Morgan fingerprint density at radius 2 is 1.71 bits per heavy atom. The molecule has 0 heterocycles. The van der Waals surface area contributed by atoms with Crippen LogP contribution < -0.4 is 0 Å². The van der Waals surface area contributed by atoms with Crippen molar-refractivity contribution >= 4 is 5.78 Å². The fraction of sp³-hybridized carbons (Fsp3) is 0.562. The van der Waals surface area contributed by atoms with E-state index in [0.29, 0.717) is 12.3 Å². The second-order valence-corrected chi connectivity index (χ2v) is 6.09. The normalized spacial score (nSPS) is 13.5. The zero-order valence-corrected chi connectivity index (χ0v) is 11.7. The number of carbonyl (C=O) groups is 1. The van der Waals surface area contributed by atoms with Crippen LogP contribution in [0.3, 0.4) is 0 Å². The Kier molecular flexibility index (Phi) is 4.50. The summed E-state index contributed by atoms with van der Waals surface area (Å²) in [5, 5.41) is 0. The SMILES string of the molecule is CCC(C)c1ccc(C(=O)CC(C)(C)C)cc1. The van der Waals surface area contributed by atoms with Crippen LogP contribution in [0.25, 0.3) is 0 Å². The van der Waals surface area contributed by atoms with Crippen molar-refractivity contribution in [3.05, 3.63) is 35.4 Å². The van der Waals surface area contributed by atoms with Gasteiger partial charge in [-0.1, -0.05) is 58.9 Å². The van der Waals surface area contributed by atoms with E-state index in [4.69, 9.17) is 0 Å². The van der Waals surface area contributed by atoms with E-state index in [0.717, 1.165) is 12.0 Å². The number of ketones is 1. The van der Waals surface area contributed by atoms with Crippen LogP contribution in [-0.2, 0) is 0 Å². The van der Waals surface area contributed by atoms with Crippen LogP contribution in [0.5, 0.6) is 0 Å². The summed E-state index contributed by atoms with van der Waals surface area (Å²) >= 11 is 0. The van der Waals surface area contributed by atoms with Gasteiger partial charge in [0.2, 0.25) is 0 Å². The van der Waals surface area contributed by atoms with Crippen molar-refractivity contribution in [2.45, 2.75) is 53.4 Å².